The van der Waals surface area contributed by atoms with Gasteiger partial charge in [-0.2, -0.15) is 15.2 Å². The molecule has 0 amide bonds. The summed E-state index contributed by atoms with van der Waals surface area (Å²) in [6.45, 7) is 9.20. The van der Waals surface area contributed by atoms with Gasteiger partial charge in [-0.1, -0.05) is 12.1 Å². The fraction of sp³-hybridized carbons (Fsp3) is 0.444. The Balaban J connectivity index is 1.24. The highest BCUT2D eigenvalue weighted by atomic mass is 16.5. The number of nitrogens with zero attached hydrogens (tertiary/aromatic N) is 4. The van der Waals surface area contributed by atoms with Gasteiger partial charge in [0.05, 0.1) is 11.9 Å². The van der Waals surface area contributed by atoms with E-state index in [1.54, 1.807) is 0 Å². The summed E-state index contributed by atoms with van der Waals surface area (Å²) in [4.78, 5) is 7.26. The van der Waals surface area contributed by atoms with Gasteiger partial charge in [-0.05, 0) is 81.0 Å². The molecule has 1 saturated carbocycles. The van der Waals surface area contributed by atoms with Crippen molar-refractivity contribution in [3.05, 3.63) is 53.9 Å². The van der Waals surface area contributed by atoms with Gasteiger partial charge in [-0.15, -0.1) is 0 Å². The molecule has 1 N–H and O–H groups in total. The molecule has 6 rings (SSSR count). The molecule has 1 unspecified atom stereocenters. The van der Waals surface area contributed by atoms with Crippen molar-refractivity contribution in [2.24, 2.45) is 0 Å². The van der Waals surface area contributed by atoms with Crippen LogP contribution in [0.4, 0.5) is 5.82 Å². The lowest BCUT2D eigenvalue weighted by molar-refractivity contribution is 0.290. The van der Waals surface area contributed by atoms with Crippen LogP contribution in [0.5, 0.6) is 5.88 Å². The van der Waals surface area contributed by atoms with Crippen LogP contribution in [0.2, 0.25) is 0 Å². The van der Waals surface area contributed by atoms with Crippen molar-refractivity contribution in [1.29, 1.82) is 0 Å². The fourth-order valence-electron chi connectivity index (χ4n) is 5.04. The number of fused-ring (bicyclic) bond motifs is 3. The number of anilines is 1. The zero-order valence-electron chi connectivity index (χ0n) is 19.6. The van der Waals surface area contributed by atoms with Crippen LogP contribution in [-0.2, 0) is 6.61 Å². The third-order valence-corrected chi connectivity index (χ3v) is 6.76. The smallest absolute Gasteiger partial charge is 0.223 e. The van der Waals surface area contributed by atoms with E-state index in [1.807, 2.05) is 6.20 Å². The van der Waals surface area contributed by atoms with Gasteiger partial charge in [-0.25, -0.2) is 0 Å². The van der Waals surface area contributed by atoms with Gasteiger partial charge >= 0.3 is 0 Å². The van der Waals surface area contributed by atoms with E-state index in [9.17, 15) is 0 Å². The molecule has 3 aromatic rings. The molecule has 170 valence electrons. The van der Waals surface area contributed by atoms with Crippen LogP contribution in [0.1, 0.15) is 57.2 Å². The molecule has 6 nitrogen and oxygen atoms in total. The van der Waals surface area contributed by atoms with Gasteiger partial charge in [0.15, 0.2) is 0 Å². The number of hydrogen-bond acceptors (Lipinski definition) is 6. The number of nitrogens with one attached hydrogen (secondary N) is 1. The first-order chi connectivity index (χ1) is 15.9. The molecule has 0 radical (unpaired) electrons. The van der Waals surface area contributed by atoms with Crippen molar-refractivity contribution in [1.82, 2.24) is 20.5 Å². The number of benzene rings is 1. The second kappa shape index (κ2) is 7.80. The first-order valence-electron chi connectivity index (χ1n) is 12.1. The van der Waals surface area contributed by atoms with Crippen LogP contribution < -0.4 is 15.0 Å². The topological polar surface area (TPSA) is 63.2 Å². The minimum atomic E-state index is 0.126. The number of ether oxygens (including phenoxy) is 1. The zero-order chi connectivity index (χ0) is 22.6. The van der Waals surface area contributed by atoms with Crippen molar-refractivity contribution < 1.29 is 4.74 Å². The number of rotatable bonds is 4. The molecule has 1 atom stereocenters. The zero-order valence-corrected chi connectivity index (χ0v) is 19.6. The normalized spacial score (nSPS) is 19.7. The highest BCUT2D eigenvalue weighted by Gasteiger charge is 2.28. The van der Waals surface area contributed by atoms with E-state index in [1.165, 1.54) is 24.0 Å². The first kappa shape index (κ1) is 20.6. The van der Waals surface area contributed by atoms with Crippen molar-refractivity contribution in [3.8, 4) is 28.1 Å². The third-order valence-electron chi connectivity index (χ3n) is 6.76. The largest absolute Gasteiger partial charge is 0.472 e. The summed E-state index contributed by atoms with van der Waals surface area (Å²) in [5, 5.41) is 12.3. The summed E-state index contributed by atoms with van der Waals surface area (Å²) in [5.41, 5.74) is 7.00. The van der Waals surface area contributed by atoms with E-state index in [0.717, 1.165) is 53.6 Å². The van der Waals surface area contributed by atoms with Crippen LogP contribution >= 0.6 is 0 Å². The predicted molar refractivity (Wildman–Crippen MR) is 131 cm³/mol. The maximum absolute atomic E-state index is 6.14. The molecule has 4 heterocycles. The van der Waals surface area contributed by atoms with Gasteiger partial charge in [0.2, 0.25) is 5.88 Å². The lowest BCUT2D eigenvalue weighted by atomic mass is 9.94. The Labute approximate surface area is 195 Å². The molecule has 6 heteroatoms. The van der Waals surface area contributed by atoms with E-state index in [-0.39, 0.29) is 5.54 Å². The molecule has 1 aliphatic carbocycles. The maximum atomic E-state index is 6.14. The summed E-state index contributed by atoms with van der Waals surface area (Å²) in [5.74, 6) is 2.34. The van der Waals surface area contributed by atoms with E-state index in [4.69, 9.17) is 9.72 Å². The highest BCUT2D eigenvalue weighted by molar-refractivity contribution is 5.78. The standard InChI is InChI=1S/C27H31N5O/c1-27(2,3)30-21-10-11-32(15-21)25-9-8-23-22-7-6-18(12-20(22)16-33-26(23)29-25)19-13-24(17-4-5-17)31-28-14-19/h6-9,12-14,17,21,30H,4-5,10-11,15-16H2,1-3H3. The molecule has 0 spiro atoms. The van der Waals surface area contributed by atoms with Gasteiger partial charge in [-0.3, -0.25) is 0 Å². The van der Waals surface area contributed by atoms with Gasteiger partial charge in [0, 0.05) is 41.7 Å². The van der Waals surface area contributed by atoms with E-state index >= 15 is 0 Å². The van der Waals surface area contributed by atoms with Crippen molar-refractivity contribution in [3.63, 3.8) is 0 Å². The van der Waals surface area contributed by atoms with Crippen LogP contribution in [0.25, 0.3) is 22.3 Å². The Hall–Kier alpha value is -2.99. The second-order valence-corrected chi connectivity index (χ2v) is 10.7. The van der Waals surface area contributed by atoms with Crippen LogP contribution in [0.3, 0.4) is 0 Å². The van der Waals surface area contributed by atoms with Crippen LogP contribution in [0.15, 0.2) is 42.6 Å². The van der Waals surface area contributed by atoms with Gasteiger partial charge in [0.25, 0.3) is 0 Å². The summed E-state index contributed by atoms with van der Waals surface area (Å²) in [6.07, 6.45) is 5.45. The van der Waals surface area contributed by atoms with E-state index < -0.39 is 0 Å². The SMILES string of the molecule is CC(C)(C)NC1CCN(c2ccc3c(n2)OCc2cc(-c4cnnc(C5CC5)c4)ccc2-3)C1. The average Bonchev–Trinajstić information content (AvgIpc) is 3.57. The molecular weight excluding hydrogens is 410 g/mol. The monoisotopic (exact) mass is 441 g/mol. The predicted octanol–water partition coefficient (Wildman–Crippen LogP) is 4.94. The summed E-state index contributed by atoms with van der Waals surface area (Å²) in [7, 11) is 0. The van der Waals surface area contributed by atoms with Crippen molar-refractivity contribution >= 4 is 5.82 Å². The Bertz CT molecular complexity index is 1200. The first-order valence-corrected chi connectivity index (χ1v) is 12.1. The average molecular weight is 442 g/mol. The Morgan fingerprint density at radius 3 is 2.67 bits per heavy atom. The maximum Gasteiger partial charge on any atom is 0.223 e. The minimum Gasteiger partial charge on any atom is -0.472 e. The molecule has 1 aromatic carbocycles. The summed E-state index contributed by atoms with van der Waals surface area (Å²) < 4.78 is 6.14. The lowest BCUT2D eigenvalue weighted by Gasteiger charge is -2.26. The summed E-state index contributed by atoms with van der Waals surface area (Å²) >= 11 is 0. The highest BCUT2D eigenvalue weighted by Crippen LogP contribution is 2.41. The Morgan fingerprint density at radius 1 is 1.00 bits per heavy atom. The Kier molecular flexibility index (Phi) is 4.87. The van der Waals surface area contributed by atoms with Crippen molar-refractivity contribution in [2.45, 2.75) is 64.1 Å². The molecule has 2 aliphatic heterocycles. The summed E-state index contributed by atoms with van der Waals surface area (Å²) in [6, 6.07) is 13.6. The minimum absolute atomic E-state index is 0.126. The number of aromatic nitrogens is 3. The lowest BCUT2D eigenvalue weighted by Crippen LogP contribution is -2.44. The fourth-order valence-corrected chi connectivity index (χ4v) is 5.04. The number of pyridine rings is 1. The van der Waals surface area contributed by atoms with Crippen LogP contribution in [-0.4, -0.2) is 39.9 Å². The van der Waals surface area contributed by atoms with E-state index in [0.29, 0.717) is 18.6 Å². The quantitative estimate of drug-likeness (QED) is 0.619. The van der Waals surface area contributed by atoms with Crippen molar-refractivity contribution in [2.75, 3.05) is 18.0 Å². The molecule has 2 aromatic heterocycles. The molecule has 0 bridgehead atoms. The molecule has 3 aliphatic rings. The third kappa shape index (κ3) is 4.20. The number of hydrogen-bond donors (Lipinski definition) is 1. The van der Waals surface area contributed by atoms with Crippen LogP contribution in [0, 0.1) is 0 Å². The molecule has 1 saturated heterocycles. The van der Waals surface area contributed by atoms with Gasteiger partial charge in [0.1, 0.15) is 12.4 Å². The Morgan fingerprint density at radius 2 is 1.85 bits per heavy atom. The van der Waals surface area contributed by atoms with Gasteiger partial charge < -0.3 is 15.0 Å². The molecular formula is C27H31N5O. The van der Waals surface area contributed by atoms with E-state index in [2.05, 4.69) is 77.6 Å². The molecule has 33 heavy (non-hydrogen) atoms. The molecule has 2 fully saturated rings. The second-order valence-electron chi connectivity index (χ2n) is 10.7.